The Hall–Kier alpha value is -2.29. The third-order valence-corrected chi connectivity index (χ3v) is 6.05. The fourth-order valence-corrected chi connectivity index (χ4v) is 4.33. The number of rotatable bonds is 9. The van der Waals surface area contributed by atoms with Gasteiger partial charge in [0, 0.05) is 18.9 Å². The molecule has 9 heteroatoms. The summed E-state index contributed by atoms with van der Waals surface area (Å²) >= 11 is 1.35. The number of thioether (sulfide) groups is 1. The summed E-state index contributed by atoms with van der Waals surface area (Å²) in [6.45, 7) is 0.445. The summed E-state index contributed by atoms with van der Waals surface area (Å²) in [4.78, 5) is 23.6. The van der Waals surface area contributed by atoms with Gasteiger partial charge < -0.3 is 15.5 Å². The Balaban J connectivity index is 1.59. The number of carbonyl (C=O) groups is 2. The third kappa shape index (κ3) is 6.92. The topological polar surface area (TPSA) is 116 Å². The lowest BCUT2D eigenvalue weighted by Gasteiger charge is -2.20. The molecule has 0 aromatic carbocycles. The molecule has 29 heavy (non-hydrogen) atoms. The second kappa shape index (κ2) is 11.0. The first-order chi connectivity index (χ1) is 14.1. The van der Waals surface area contributed by atoms with Crippen LogP contribution in [0.5, 0.6) is 0 Å². The lowest BCUT2D eigenvalue weighted by molar-refractivity contribution is -0.119. The zero-order valence-electron chi connectivity index (χ0n) is 16.6. The van der Waals surface area contributed by atoms with Crippen LogP contribution in [0.4, 0.5) is 0 Å². The van der Waals surface area contributed by atoms with Gasteiger partial charge in [0.1, 0.15) is 11.6 Å². The van der Waals surface area contributed by atoms with Gasteiger partial charge >= 0.3 is 0 Å². The molecular formula is C20H29N5O3S. The Kier molecular flexibility index (Phi) is 8.15. The predicted molar refractivity (Wildman–Crippen MR) is 110 cm³/mol. The van der Waals surface area contributed by atoms with Gasteiger partial charge in [0.2, 0.25) is 11.8 Å². The molecule has 0 aliphatic heterocycles. The summed E-state index contributed by atoms with van der Waals surface area (Å²) in [7, 11) is 0. The quantitative estimate of drug-likeness (QED) is 0.604. The van der Waals surface area contributed by atoms with Crippen molar-refractivity contribution >= 4 is 23.6 Å². The molecule has 1 aliphatic carbocycles. The van der Waals surface area contributed by atoms with E-state index in [1.54, 1.807) is 6.26 Å². The van der Waals surface area contributed by atoms with Gasteiger partial charge in [-0.1, -0.05) is 43.9 Å². The summed E-state index contributed by atoms with van der Waals surface area (Å²) in [5, 5.41) is 12.2. The van der Waals surface area contributed by atoms with Gasteiger partial charge in [-0.25, -0.2) is 0 Å². The summed E-state index contributed by atoms with van der Waals surface area (Å²) in [6, 6.07) is 3.96. The van der Waals surface area contributed by atoms with Crippen molar-refractivity contribution in [2.75, 3.05) is 5.75 Å². The highest BCUT2D eigenvalue weighted by Crippen LogP contribution is 2.21. The van der Waals surface area contributed by atoms with Crippen molar-refractivity contribution in [3.8, 4) is 0 Å². The fourth-order valence-electron chi connectivity index (χ4n) is 3.56. The van der Waals surface area contributed by atoms with Gasteiger partial charge in [-0.2, -0.15) is 0 Å². The highest BCUT2D eigenvalue weighted by atomic mass is 32.2. The van der Waals surface area contributed by atoms with Gasteiger partial charge in [0.25, 0.3) is 0 Å². The Morgan fingerprint density at radius 1 is 1.21 bits per heavy atom. The van der Waals surface area contributed by atoms with E-state index in [2.05, 4.69) is 15.5 Å². The van der Waals surface area contributed by atoms with E-state index in [0.717, 1.165) is 18.6 Å². The molecule has 0 atom stereocenters. The molecule has 1 fully saturated rings. The maximum atomic E-state index is 12.5. The van der Waals surface area contributed by atoms with Gasteiger partial charge in [0.15, 0.2) is 5.16 Å². The maximum absolute atomic E-state index is 12.5. The molecule has 2 heterocycles. The molecule has 0 unspecified atom stereocenters. The SMILES string of the molecule is NC(=O)CCc1nnc(SCC(=O)NC2CCCCCCC2)n1Cc1ccco1. The first-order valence-electron chi connectivity index (χ1n) is 10.3. The van der Waals surface area contributed by atoms with E-state index in [1.807, 2.05) is 16.7 Å². The van der Waals surface area contributed by atoms with Gasteiger partial charge in [-0.3, -0.25) is 14.2 Å². The van der Waals surface area contributed by atoms with Gasteiger partial charge in [0.05, 0.1) is 18.6 Å². The lowest BCUT2D eigenvalue weighted by atomic mass is 9.97. The van der Waals surface area contributed by atoms with Crippen LogP contribution in [0, 0.1) is 0 Å². The fraction of sp³-hybridized carbons (Fsp3) is 0.600. The molecule has 158 valence electrons. The summed E-state index contributed by atoms with van der Waals surface area (Å²) in [5.74, 6) is 1.33. The van der Waals surface area contributed by atoms with Crippen molar-refractivity contribution in [2.24, 2.45) is 5.73 Å². The molecule has 3 rings (SSSR count). The number of nitrogens with one attached hydrogen (secondary N) is 1. The number of hydrogen-bond donors (Lipinski definition) is 2. The number of primary amides is 1. The molecule has 8 nitrogen and oxygen atoms in total. The largest absolute Gasteiger partial charge is 0.467 e. The van der Waals surface area contributed by atoms with Crippen LogP contribution in [0.3, 0.4) is 0 Å². The van der Waals surface area contributed by atoms with Crippen LogP contribution < -0.4 is 11.1 Å². The molecule has 2 amide bonds. The summed E-state index contributed by atoms with van der Waals surface area (Å²) in [5.41, 5.74) is 5.27. The Labute approximate surface area is 175 Å². The maximum Gasteiger partial charge on any atom is 0.230 e. The van der Waals surface area contributed by atoms with Crippen LogP contribution in [0.2, 0.25) is 0 Å². The van der Waals surface area contributed by atoms with Crippen LogP contribution in [0.25, 0.3) is 0 Å². The smallest absolute Gasteiger partial charge is 0.230 e. The Morgan fingerprint density at radius 2 is 1.97 bits per heavy atom. The van der Waals surface area contributed by atoms with Crippen molar-refractivity contribution in [3.05, 3.63) is 30.0 Å². The van der Waals surface area contributed by atoms with E-state index in [1.165, 1.54) is 43.9 Å². The number of carbonyl (C=O) groups excluding carboxylic acids is 2. The first-order valence-corrected chi connectivity index (χ1v) is 11.3. The minimum absolute atomic E-state index is 0.0202. The highest BCUT2D eigenvalue weighted by Gasteiger charge is 2.18. The van der Waals surface area contributed by atoms with Crippen molar-refractivity contribution in [1.29, 1.82) is 0 Å². The zero-order valence-corrected chi connectivity index (χ0v) is 17.5. The van der Waals surface area contributed by atoms with E-state index >= 15 is 0 Å². The van der Waals surface area contributed by atoms with Crippen LogP contribution in [0.1, 0.15) is 63.0 Å². The van der Waals surface area contributed by atoms with Crippen LogP contribution in [0.15, 0.2) is 28.0 Å². The van der Waals surface area contributed by atoms with Crippen LogP contribution in [-0.2, 0) is 22.6 Å². The third-order valence-electron chi connectivity index (χ3n) is 5.09. The zero-order chi connectivity index (χ0) is 20.5. The van der Waals surface area contributed by atoms with E-state index in [-0.39, 0.29) is 30.0 Å². The Morgan fingerprint density at radius 3 is 2.66 bits per heavy atom. The Bertz CT molecular complexity index is 782. The number of furan rings is 1. The highest BCUT2D eigenvalue weighted by molar-refractivity contribution is 7.99. The summed E-state index contributed by atoms with van der Waals surface area (Å²) in [6.07, 6.45) is 10.5. The van der Waals surface area contributed by atoms with Gasteiger partial charge in [-0.15, -0.1) is 10.2 Å². The lowest BCUT2D eigenvalue weighted by Crippen LogP contribution is -2.36. The number of aryl methyl sites for hydroxylation is 1. The van der Waals surface area contributed by atoms with Crippen molar-refractivity contribution in [1.82, 2.24) is 20.1 Å². The predicted octanol–water partition coefficient (Wildman–Crippen LogP) is 2.66. The molecule has 2 aromatic rings. The molecule has 1 aliphatic rings. The van der Waals surface area contributed by atoms with Crippen LogP contribution >= 0.6 is 11.8 Å². The average molecular weight is 420 g/mol. The minimum atomic E-state index is -0.384. The standard InChI is InChI=1S/C20H29N5O3S/c21-17(26)10-11-18-23-24-20(25(18)13-16-9-6-12-28-16)29-14-19(27)22-15-7-4-2-1-3-5-8-15/h6,9,12,15H,1-5,7-8,10-11,13-14H2,(H2,21,26)(H,22,27). The second-order valence-corrected chi connectivity index (χ2v) is 8.37. The van der Waals surface area contributed by atoms with Crippen LogP contribution in [-0.4, -0.2) is 38.4 Å². The average Bonchev–Trinajstić information content (AvgIpc) is 3.31. The van der Waals surface area contributed by atoms with Crippen molar-refractivity contribution < 1.29 is 14.0 Å². The minimum Gasteiger partial charge on any atom is -0.467 e. The van der Waals surface area contributed by atoms with Crippen molar-refractivity contribution in [2.45, 2.75) is 75.5 Å². The van der Waals surface area contributed by atoms with E-state index in [4.69, 9.17) is 10.2 Å². The first kappa shape index (κ1) is 21.4. The number of hydrogen-bond acceptors (Lipinski definition) is 6. The number of aromatic nitrogens is 3. The molecular weight excluding hydrogens is 390 g/mol. The van der Waals surface area contributed by atoms with E-state index in [9.17, 15) is 9.59 Å². The molecule has 1 saturated carbocycles. The molecule has 0 spiro atoms. The normalized spacial score (nSPS) is 15.6. The summed E-state index contributed by atoms with van der Waals surface area (Å²) < 4.78 is 7.32. The monoisotopic (exact) mass is 419 g/mol. The number of amides is 2. The number of nitrogens with zero attached hydrogens (tertiary/aromatic N) is 3. The second-order valence-electron chi connectivity index (χ2n) is 7.43. The molecule has 0 radical (unpaired) electrons. The molecule has 2 aromatic heterocycles. The molecule has 3 N–H and O–H groups in total. The van der Waals surface area contributed by atoms with Gasteiger partial charge in [-0.05, 0) is 25.0 Å². The molecule has 0 bridgehead atoms. The number of nitrogens with two attached hydrogens (primary N) is 1. The van der Waals surface area contributed by atoms with Crippen molar-refractivity contribution in [3.63, 3.8) is 0 Å². The van der Waals surface area contributed by atoms with E-state index < -0.39 is 0 Å². The molecule has 0 saturated heterocycles. The van der Waals surface area contributed by atoms with E-state index in [0.29, 0.717) is 23.9 Å².